The van der Waals surface area contributed by atoms with Gasteiger partial charge < -0.3 is 4.74 Å². The molecule has 0 radical (unpaired) electrons. The van der Waals surface area contributed by atoms with Crippen molar-refractivity contribution in [2.45, 2.75) is 38.8 Å². The molecule has 2 aliphatic rings. The van der Waals surface area contributed by atoms with Crippen LogP contribution in [-0.4, -0.2) is 43.7 Å². The molecule has 142 valence electrons. The number of cyclic esters (lactones) is 1. The summed E-state index contributed by atoms with van der Waals surface area (Å²) < 4.78 is 32.7. The fraction of sp³-hybridized carbons (Fsp3) is 0.500. The molecule has 2 aliphatic heterocycles. The molecule has 1 saturated heterocycles. The van der Waals surface area contributed by atoms with Crippen molar-refractivity contribution in [2.24, 2.45) is 0 Å². The Labute approximate surface area is 163 Å². The van der Waals surface area contributed by atoms with Gasteiger partial charge in [-0.15, -0.1) is 0 Å². The Hall–Kier alpha value is -1.38. The van der Waals surface area contributed by atoms with E-state index in [4.69, 9.17) is 4.74 Å². The number of carbonyl (C=O) groups excluding carboxylic acids is 1. The van der Waals surface area contributed by atoms with Gasteiger partial charge in [-0.2, -0.15) is 0 Å². The van der Waals surface area contributed by atoms with E-state index in [1.54, 1.807) is 4.90 Å². The largest absolute Gasteiger partial charge is 0.444 e. The lowest BCUT2D eigenvalue weighted by Crippen LogP contribution is -2.50. The second-order valence-corrected chi connectivity index (χ2v) is 9.57. The second-order valence-electron chi connectivity index (χ2n) is 6.69. The first-order valence-corrected chi connectivity index (χ1v) is 11.1. The minimum Gasteiger partial charge on any atom is -0.444 e. The van der Waals surface area contributed by atoms with Gasteiger partial charge in [0, 0.05) is 29.2 Å². The van der Waals surface area contributed by atoms with Gasteiger partial charge >= 0.3 is 6.09 Å². The summed E-state index contributed by atoms with van der Waals surface area (Å²) in [6.07, 6.45) is 1.47. The van der Waals surface area contributed by atoms with Gasteiger partial charge in [-0.25, -0.2) is 17.5 Å². The van der Waals surface area contributed by atoms with Crippen molar-refractivity contribution in [2.75, 3.05) is 23.7 Å². The van der Waals surface area contributed by atoms with Gasteiger partial charge in [0.05, 0.1) is 11.4 Å². The fourth-order valence-electron chi connectivity index (χ4n) is 3.39. The Morgan fingerprint density at radius 1 is 1.35 bits per heavy atom. The number of piperidine rings is 1. The molecular weight excluding hydrogens is 420 g/mol. The van der Waals surface area contributed by atoms with Crippen molar-refractivity contribution < 1.29 is 17.9 Å². The summed E-state index contributed by atoms with van der Waals surface area (Å²) in [5.41, 5.74) is 2.52. The van der Waals surface area contributed by atoms with E-state index < -0.39 is 10.0 Å². The standard InChI is InChI=1S/C18H23BrN2O4S/c1-3-13(2)12-26(23,24)20-8-6-16(7-9-20)21-17-5-4-15(19)10-14(17)11-25-18(21)22/h4-5,10,16H,2-3,6-9,11-12H2,1H3. The number of halogens is 1. The third-order valence-electron chi connectivity index (χ3n) is 4.92. The number of nitrogens with zero attached hydrogens (tertiary/aromatic N) is 2. The molecule has 1 amide bonds. The Bertz CT molecular complexity index is 816. The number of hydrogen-bond acceptors (Lipinski definition) is 4. The van der Waals surface area contributed by atoms with E-state index in [1.165, 1.54) is 4.31 Å². The summed E-state index contributed by atoms with van der Waals surface area (Å²) in [7, 11) is -3.34. The van der Waals surface area contributed by atoms with Crippen molar-refractivity contribution in [3.8, 4) is 0 Å². The molecule has 1 aromatic rings. The molecule has 0 atom stereocenters. The number of benzene rings is 1. The predicted molar refractivity (Wildman–Crippen MR) is 105 cm³/mol. The van der Waals surface area contributed by atoms with Crippen molar-refractivity contribution in [1.82, 2.24) is 4.31 Å². The zero-order valence-corrected chi connectivity index (χ0v) is 17.2. The number of carbonyl (C=O) groups is 1. The molecule has 6 nitrogen and oxygen atoms in total. The Kier molecular flexibility index (Phi) is 5.74. The highest BCUT2D eigenvalue weighted by Crippen LogP contribution is 2.34. The first-order valence-electron chi connectivity index (χ1n) is 8.70. The maximum atomic E-state index is 12.5. The van der Waals surface area contributed by atoms with Gasteiger partial charge in [-0.1, -0.05) is 35.0 Å². The average molecular weight is 443 g/mol. The number of fused-ring (bicyclic) bond motifs is 1. The van der Waals surface area contributed by atoms with E-state index in [-0.39, 0.29) is 24.5 Å². The van der Waals surface area contributed by atoms with Gasteiger partial charge in [0.25, 0.3) is 0 Å². The van der Waals surface area contributed by atoms with Crippen molar-refractivity contribution >= 4 is 37.7 Å². The highest BCUT2D eigenvalue weighted by Gasteiger charge is 2.36. The lowest BCUT2D eigenvalue weighted by Gasteiger charge is -2.39. The number of hydrogen-bond donors (Lipinski definition) is 0. The van der Waals surface area contributed by atoms with E-state index in [1.807, 2.05) is 25.1 Å². The smallest absolute Gasteiger partial charge is 0.414 e. The summed E-state index contributed by atoms with van der Waals surface area (Å²) in [5, 5.41) is 0. The number of ether oxygens (including phenoxy) is 1. The third kappa shape index (κ3) is 3.97. The average Bonchev–Trinajstić information content (AvgIpc) is 2.61. The highest BCUT2D eigenvalue weighted by atomic mass is 79.9. The van der Waals surface area contributed by atoms with Crippen LogP contribution in [0.1, 0.15) is 31.7 Å². The minimum absolute atomic E-state index is 0.00319. The summed E-state index contributed by atoms with van der Waals surface area (Å²) in [5.74, 6) is -0.00319. The summed E-state index contributed by atoms with van der Waals surface area (Å²) >= 11 is 3.44. The van der Waals surface area contributed by atoms with Crippen molar-refractivity contribution in [3.05, 3.63) is 40.4 Å². The molecule has 0 unspecified atom stereocenters. The number of sulfonamides is 1. The van der Waals surface area contributed by atoms with E-state index >= 15 is 0 Å². The fourth-order valence-corrected chi connectivity index (χ4v) is 5.47. The van der Waals surface area contributed by atoms with Gasteiger partial charge in [-0.05, 0) is 37.5 Å². The van der Waals surface area contributed by atoms with Gasteiger partial charge in [0.1, 0.15) is 6.61 Å². The van der Waals surface area contributed by atoms with Crippen LogP contribution < -0.4 is 4.90 Å². The molecule has 0 spiro atoms. The molecule has 26 heavy (non-hydrogen) atoms. The summed E-state index contributed by atoms with van der Waals surface area (Å²) in [6, 6.07) is 5.70. The highest BCUT2D eigenvalue weighted by molar-refractivity contribution is 9.10. The Morgan fingerprint density at radius 2 is 2.04 bits per heavy atom. The van der Waals surface area contributed by atoms with Crippen molar-refractivity contribution in [1.29, 1.82) is 0 Å². The van der Waals surface area contributed by atoms with E-state index in [0.29, 0.717) is 37.9 Å². The van der Waals surface area contributed by atoms with Crippen LogP contribution in [0.25, 0.3) is 0 Å². The van der Waals surface area contributed by atoms with Crippen LogP contribution in [0.4, 0.5) is 10.5 Å². The topological polar surface area (TPSA) is 66.9 Å². The van der Waals surface area contributed by atoms with Crippen LogP contribution in [0, 0.1) is 0 Å². The molecule has 2 heterocycles. The van der Waals surface area contributed by atoms with E-state index in [2.05, 4.69) is 22.5 Å². The first kappa shape index (κ1) is 19.4. The van der Waals surface area contributed by atoms with E-state index in [0.717, 1.165) is 15.7 Å². The summed E-state index contributed by atoms with van der Waals surface area (Å²) in [6.45, 7) is 6.77. The van der Waals surface area contributed by atoms with Gasteiger partial charge in [0.15, 0.2) is 0 Å². The number of rotatable bonds is 5. The Morgan fingerprint density at radius 3 is 2.69 bits per heavy atom. The monoisotopic (exact) mass is 442 g/mol. The van der Waals surface area contributed by atoms with Crippen LogP contribution in [0.2, 0.25) is 0 Å². The molecular formula is C18H23BrN2O4S. The molecule has 0 aliphatic carbocycles. The number of anilines is 1. The second kappa shape index (κ2) is 7.70. The number of amides is 1. The molecule has 3 rings (SSSR count). The summed E-state index contributed by atoms with van der Waals surface area (Å²) in [4.78, 5) is 14.0. The first-order chi connectivity index (χ1) is 12.3. The molecule has 0 saturated carbocycles. The van der Waals surface area contributed by atoms with Crippen molar-refractivity contribution in [3.63, 3.8) is 0 Å². The van der Waals surface area contributed by atoms with Gasteiger partial charge in [0.2, 0.25) is 10.0 Å². The van der Waals surface area contributed by atoms with Crippen LogP contribution in [0.3, 0.4) is 0 Å². The molecule has 1 aromatic carbocycles. The molecule has 0 aromatic heterocycles. The normalized spacial score (nSPS) is 19.2. The van der Waals surface area contributed by atoms with E-state index in [9.17, 15) is 13.2 Å². The van der Waals surface area contributed by atoms with Gasteiger partial charge in [-0.3, -0.25) is 4.90 Å². The zero-order valence-electron chi connectivity index (χ0n) is 14.8. The molecule has 0 N–H and O–H groups in total. The minimum atomic E-state index is -3.34. The molecule has 1 fully saturated rings. The maximum Gasteiger partial charge on any atom is 0.414 e. The zero-order chi connectivity index (χ0) is 18.9. The molecule has 8 heteroatoms. The van der Waals surface area contributed by atoms with Crippen LogP contribution in [0.15, 0.2) is 34.8 Å². The predicted octanol–water partition coefficient (Wildman–Crippen LogP) is 3.67. The maximum absolute atomic E-state index is 12.5. The molecule has 0 bridgehead atoms. The lowest BCUT2D eigenvalue weighted by atomic mass is 10.0. The van der Waals surface area contributed by atoms with Crippen LogP contribution in [0.5, 0.6) is 0 Å². The lowest BCUT2D eigenvalue weighted by molar-refractivity contribution is 0.136. The van der Waals surface area contributed by atoms with Crippen LogP contribution >= 0.6 is 15.9 Å². The SMILES string of the molecule is C=C(CC)CS(=O)(=O)N1CCC(N2C(=O)OCc3cc(Br)ccc32)CC1. The van der Waals surface area contributed by atoms with Crippen LogP contribution in [-0.2, 0) is 21.4 Å². The Balaban J connectivity index is 1.72. The third-order valence-corrected chi connectivity index (χ3v) is 7.34. The quantitative estimate of drug-likeness (QED) is 0.652.